The molecule has 0 atom stereocenters. The van der Waals surface area contributed by atoms with E-state index in [1.165, 1.54) is 12.3 Å². The lowest BCUT2D eigenvalue weighted by Gasteiger charge is -2.05. The second-order valence-corrected chi connectivity index (χ2v) is 3.31. The highest BCUT2D eigenvalue weighted by Crippen LogP contribution is 2.17. The van der Waals surface area contributed by atoms with Crippen molar-refractivity contribution in [1.29, 1.82) is 0 Å². The first kappa shape index (κ1) is 10.4. The van der Waals surface area contributed by atoms with Gasteiger partial charge in [-0.15, -0.1) is 0 Å². The van der Waals surface area contributed by atoms with Crippen LogP contribution in [-0.4, -0.2) is 25.2 Å². The Kier molecular flexibility index (Phi) is 4.11. The molecule has 0 unspecified atom stereocenters. The quantitative estimate of drug-likeness (QED) is 0.822. The Balaban J connectivity index is 2.56. The lowest BCUT2D eigenvalue weighted by atomic mass is 10.5. The first-order chi connectivity index (χ1) is 6.24. The van der Waals surface area contributed by atoms with Gasteiger partial charge in [0.2, 0.25) is 5.88 Å². The summed E-state index contributed by atoms with van der Waals surface area (Å²) in [6.45, 7) is 1.07. The molecule has 5 heteroatoms. The maximum Gasteiger partial charge on any atom is 0.250 e. The van der Waals surface area contributed by atoms with Crippen LogP contribution in [-0.2, 0) is 0 Å². The molecule has 72 valence electrons. The molecule has 1 aromatic heterocycles. The maximum absolute atomic E-state index is 13.0. The van der Waals surface area contributed by atoms with Crippen LogP contribution in [0.4, 0.5) is 4.39 Å². The van der Waals surface area contributed by atoms with Gasteiger partial charge in [0.05, 0.1) is 0 Å². The minimum Gasteiger partial charge on any atom is -0.474 e. The Hall–Kier alpha value is -0.680. The van der Waals surface area contributed by atoms with Crippen LogP contribution in [0, 0.1) is 5.82 Å². The third-order valence-electron chi connectivity index (χ3n) is 1.36. The van der Waals surface area contributed by atoms with Crippen LogP contribution in [0.15, 0.2) is 16.7 Å². The molecule has 0 aliphatic rings. The number of likely N-dealkylation sites (N-methyl/N-ethyl adjacent to an activating group) is 1. The number of ether oxygens (including phenoxy) is 1. The van der Waals surface area contributed by atoms with Gasteiger partial charge in [0.1, 0.15) is 6.61 Å². The monoisotopic (exact) mass is 248 g/mol. The second-order valence-electron chi connectivity index (χ2n) is 2.39. The van der Waals surface area contributed by atoms with Gasteiger partial charge in [-0.25, -0.2) is 9.37 Å². The van der Waals surface area contributed by atoms with Crippen LogP contribution in [0.1, 0.15) is 0 Å². The zero-order valence-corrected chi connectivity index (χ0v) is 8.77. The number of halogens is 2. The SMILES string of the molecule is CNCCOc1ncc(Br)cc1F. The fourth-order valence-electron chi connectivity index (χ4n) is 0.758. The summed E-state index contributed by atoms with van der Waals surface area (Å²) < 4.78 is 18.7. The van der Waals surface area contributed by atoms with Crippen LogP contribution in [0.5, 0.6) is 5.88 Å². The third-order valence-corrected chi connectivity index (χ3v) is 1.80. The van der Waals surface area contributed by atoms with Crippen molar-refractivity contribution in [1.82, 2.24) is 10.3 Å². The van der Waals surface area contributed by atoms with E-state index in [4.69, 9.17) is 4.74 Å². The van der Waals surface area contributed by atoms with Gasteiger partial charge in [-0.2, -0.15) is 0 Å². The van der Waals surface area contributed by atoms with Crippen molar-refractivity contribution in [2.24, 2.45) is 0 Å². The van der Waals surface area contributed by atoms with E-state index in [2.05, 4.69) is 26.2 Å². The largest absolute Gasteiger partial charge is 0.474 e. The van der Waals surface area contributed by atoms with Crippen molar-refractivity contribution < 1.29 is 9.13 Å². The number of aromatic nitrogens is 1. The molecule has 1 rings (SSSR count). The predicted molar refractivity (Wildman–Crippen MR) is 51.3 cm³/mol. The highest BCUT2D eigenvalue weighted by atomic mass is 79.9. The standard InChI is InChI=1S/C8H10BrFN2O/c1-11-2-3-13-8-7(10)4-6(9)5-12-8/h4-5,11H,2-3H2,1H3. The molecule has 1 N–H and O–H groups in total. The summed E-state index contributed by atoms with van der Waals surface area (Å²) in [5.74, 6) is -0.413. The molecule has 0 saturated carbocycles. The van der Waals surface area contributed by atoms with E-state index in [0.29, 0.717) is 17.6 Å². The highest BCUT2D eigenvalue weighted by Gasteiger charge is 2.04. The van der Waals surface area contributed by atoms with Crippen molar-refractivity contribution in [2.45, 2.75) is 0 Å². The van der Waals surface area contributed by atoms with Crippen molar-refractivity contribution in [2.75, 3.05) is 20.2 Å². The molecule has 3 nitrogen and oxygen atoms in total. The Morgan fingerprint density at radius 3 is 3.08 bits per heavy atom. The Labute approximate surface area is 84.4 Å². The third kappa shape index (κ3) is 3.28. The van der Waals surface area contributed by atoms with E-state index >= 15 is 0 Å². The predicted octanol–water partition coefficient (Wildman–Crippen LogP) is 1.58. The molecule has 0 aliphatic carbocycles. The zero-order chi connectivity index (χ0) is 9.68. The highest BCUT2D eigenvalue weighted by molar-refractivity contribution is 9.10. The topological polar surface area (TPSA) is 34.1 Å². The normalized spacial score (nSPS) is 10.1. The minimum absolute atomic E-state index is 0.0402. The van der Waals surface area contributed by atoms with E-state index in [1.807, 2.05) is 0 Å². The van der Waals surface area contributed by atoms with Crippen molar-refractivity contribution in [3.05, 3.63) is 22.6 Å². The van der Waals surface area contributed by atoms with Crippen LogP contribution < -0.4 is 10.1 Å². The number of rotatable bonds is 4. The zero-order valence-electron chi connectivity index (χ0n) is 7.18. The van der Waals surface area contributed by atoms with Gasteiger partial charge in [0.25, 0.3) is 0 Å². The summed E-state index contributed by atoms with van der Waals surface area (Å²) in [5, 5.41) is 2.88. The molecule has 0 fully saturated rings. The van der Waals surface area contributed by atoms with E-state index < -0.39 is 5.82 Å². The van der Waals surface area contributed by atoms with E-state index in [1.54, 1.807) is 7.05 Å². The summed E-state index contributed by atoms with van der Waals surface area (Å²) in [6, 6.07) is 1.32. The van der Waals surface area contributed by atoms with Gasteiger partial charge in [0, 0.05) is 17.2 Å². The summed E-state index contributed by atoms with van der Waals surface area (Å²) in [5.41, 5.74) is 0. The van der Waals surface area contributed by atoms with Gasteiger partial charge in [-0.05, 0) is 29.0 Å². The Morgan fingerprint density at radius 1 is 1.69 bits per heavy atom. The molecule has 0 amide bonds. The summed E-state index contributed by atoms with van der Waals surface area (Å²) in [7, 11) is 1.80. The van der Waals surface area contributed by atoms with Gasteiger partial charge >= 0.3 is 0 Å². The molecule has 1 aromatic rings. The molecule has 0 aliphatic heterocycles. The van der Waals surface area contributed by atoms with Crippen molar-refractivity contribution in [3.8, 4) is 5.88 Å². The Morgan fingerprint density at radius 2 is 2.46 bits per heavy atom. The lowest BCUT2D eigenvalue weighted by molar-refractivity contribution is 0.289. The average molecular weight is 249 g/mol. The first-order valence-electron chi connectivity index (χ1n) is 3.82. The lowest BCUT2D eigenvalue weighted by Crippen LogP contribution is -2.16. The molecular weight excluding hydrogens is 239 g/mol. The van der Waals surface area contributed by atoms with E-state index in [9.17, 15) is 4.39 Å². The van der Waals surface area contributed by atoms with Gasteiger partial charge in [-0.3, -0.25) is 0 Å². The van der Waals surface area contributed by atoms with Crippen LogP contribution in [0.3, 0.4) is 0 Å². The minimum atomic E-state index is -0.453. The Bertz CT molecular complexity index is 283. The number of nitrogens with zero attached hydrogens (tertiary/aromatic N) is 1. The summed E-state index contributed by atoms with van der Waals surface area (Å²) in [4.78, 5) is 3.78. The van der Waals surface area contributed by atoms with Gasteiger partial charge < -0.3 is 10.1 Å². The molecule has 13 heavy (non-hydrogen) atoms. The van der Waals surface area contributed by atoms with Gasteiger partial charge in [0.15, 0.2) is 5.82 Å². The van der Waals surface area contributed by atoms with Crippen LogP contribution >= 0.6 is 15.9 Å². The second kappa shape index (κ2) is 5.14. The maximum atomic E-state index is 13.0. The number of hydrogen-bond donors (Lipinski definition) is 1. The summed E-state index contributed by atoms with van der Waals surface area (Å²) in [6.07, 6.45) is 1.50. The summed E-state index contributed by atoms with van der Waals surface area (Å²) >= 11 is 3.11. The molecule has 1 heterocycles. The number of pyridine rings is 1. The van der Waals surface area contributed by atoms with Crippen molar-refractivity contribution in [3.63, 3.8) is 0 Å². The first-order valence-corrected chi connectivity index (χ1v) is 4.62. The number of hydrogen-bond acceptors (Lipinski definition) is 3. The number of nitrogens with one attached hydrogen (secondary N) is 1. The molecule has 0 saturated heterocycles. The van der Waals surface area contributed by atoms with Crippen molar-refractivity contribution >= 4 is 15.9 Å². The van der Waals surface area contributed by atoms with Crippen LogP contribution in [0.2, 0.25) is 0 Å². The molecule has 0 radical (unpaired) electrons. The fraction of sp³-hybridized carbons (Fsp3) is 0.375. The molecule has 0 aromatic carbocycles. The average Bonchev–Trinajstić information content (AvgIpc) is 2.09. The van der Waals surface area contributed by atoms with Crippen LogP contribution in [0.25, 0.3) is 0 Å². The molecule has 0 bridgehead atoms. The smallest absolute Gasteiger partial charge is 0.250 e. The van der Waals surface area contributed by atoms with Gasteiger partial charge in [-0.1, -0.05) is 0 Å². The molecular formula is C8H10BrFN2O. The van der Waals surface area contributed by atoms with E-state index in [-0.39, 0.29) is 5.88 Å². The fourth-order valence-corrected chi connectivity index (χ4v) is 1.06. The molecule has 0 spiro atoms. The van der Waals surface area contributed by atoms with E-state index in [0.717, 1.165) is 0 Å².